The van der Waals surface area contributed by atoms with Crippen molar-refractivity contribution in [2.75, 3.05) is 44.0 Å². The van der Waals surface area contributed by atoms with Crippen molar-refractivity contribution in [1.29, 1.82) is 0 Å². The molecule has 0 radical (unpaired) electrons. The normalized spacial score (nSPS) is 10.1. The molecule has 2 aromatic rings. The van der Waals surface area contributed by atoms with E-state index in [0.717, 1.165) is 5.69 Å². The Bertz CT molecular complexity index is 747. The zero-order valence-corrected chi connectivity index (χ0v) is 15.6. The first kappa shape index (κ1) is 20.3. The SMILES string of the molecule is CCOc1cccc(NC(=O)CNc2ccc(C(=O)NCCOC)cc2)c1. The van der Waals surface area contributed by atoms with Crippen LogP contribution in [0.3, 0.4) is 0 Å². The molecule has 0 heterocycles. The Morgan fingerprint density at radius 2 is 1.81 bits per heavy atom. The van der Waals surface area contributed by atoms with Gasteiger partial charge >= 0.3 is 0 Å². The van der Waals surface area contributed by atoms with E-state index >= 15 is 0 Å². The van der Waals surface area contributed by atoms with Gasteiger partial charge in [-0.1, -0.05) is 6.07 Å². The number of nitrogens with one attached hydrogen (secondary N) is 3. The molecule has 0 aromatic heterocycles. The molecule has 0 spiro atoms. The molecule has 0 unspecified atom stereocenters. The van der Waals surface area contributed by atoms with Crippen molar-refractivity contribution in [3.63, 3.8) is 0 Å². The summed E-state index contributed by atoms with van der Waals surface area (Å²) >= 11 is 0. The summed E-state index contributed by atoms with van der Waals surface area (Å²) in [5, 5.41) is 8.59. The average Bonchev–Trinajstić information content (AvgIpc) is 2.67. The molecule has 0 aliphatic carbocycles. The number of benzene rings is 2. The summed E-state index contributed by atoms with van der Waals surface area (Å²) in [4.78, 5) is 24.0. The first-order valence-corrected chi connectivity index (χ1v) is 8.76. The van der Waals surface area contributed by atoms with Crippen molar-refractivity contribution < 1.29 is 19.1 Å². The topological polar surface area (TPSA) is 88.7 Å². The van der Waals surface area contributed by atoms with Crippen LogP contribution in [0.15, 0.2) is 48.5 Å². The van der Waals surface area contributed by atoms with Gasteiger partial charge in [-0.05, 0) is 43.3 Å². The largest absolute Gasteiger partial charge is 0.494 e. The molecule has 0 aliphatic heterocycles. The number of amides is 2. The second kappa shape index (κ2) is 10.8. The Morgan fingerprint density at radius 1 is 1.04 bits per heavy atom. The summed E-state index contributed by atoms with van der Waals surface area (Å²) in [5.41, 5.74) is 1.98. The molecular formula is C20H25N3O4. The maximum atomic E-state index is 12.1. The lowest BCUT2D eigenvalue weighted by atomic mass is 10.2. The van der Waals surface area contributed by atoms with E-state index in [-0.39, 0.29) is 18.4 Å². The highest BCUT2D eigenvalue weighted by atomic mass is 16.5. The maximum absolute atomic E-state index is 12.1. The van der Waals surface area contributed by atoms with E-state index in [1.165, 1.54) is 0 Å². The molecular weight excluding hydrogens is 346 g/mol. The van der Waals surface area contributed by atoms with Crippen LogP contribution < -0.4 is 20.7 Å². The molecule has 7 heteroatoms. The first-order valence-electron chi connectivity index (χ1n) is 8.76. The Morgan fingerprint density at radius 3 is 2.52 bits per heavy atom. The maximum Gasteiger partial charge on any atom is 0.251 e. The third-order valence-electron chi connectivity index (χ3n) is 3.62. The van der Waals surface area contributed by atoms with Gasteiger partial charge in [-0.25, -0.2) is 0 Å². The van der Waals surface area contributed by atoms with Crippen molar-refractivity contribution in [2.45, 2.75) is 6.92 Å². The molecule has 0 fully saturated rings. The van der Waals surface area contributed by atoms with Crippen LogP contribution in [0.4, 0.5) is 11.4 Å². The summed E-state index contributed by atoms with van der Waals surface area (Å²) in [5.74, 6) is 0.373. The number of methoxy groups -OCH3 is 1. The molecule has 2 aromatic carbocycles. The quantitative estimate of drug-likeness (QED) is 0.559. The molecule has 0 atom stereocenters. The predicted octanol–water partition coefficient (Wildman–Crippen LogP) is 2.51. The minimum absolute atomic E-state index is 0.109. The Hall–Kier alpha value is -3.06. The van der Waals surface area contributed by atoms with Crippen molar-refractivity contribution in [3.05, 3.63) is 54.1 Å². The van der Waals surface area contributed by atoms with E-state index < -0.39 is 0 Å². The van der Waals surface area contributed by atoms with Crippen molar-refractivity contribution in [1.82, 2.24) is 5.32 Å². The van der Waals surface area contributed by atoms with E-state index in [0.29, 0.717) is 36.8 Å². The van der Waals surface area contributed by atoms with Crippen LogP contribution >= 0.6 is 0 Å². The number of anilines is 2. The highest BCUT2D eigenvalue weighted by Gasteiger charge is 2.06. The molecule has 0 saturated heterocycles. The number of ether oxygens (including phenoxy) is 2. The van der Waals surface area contributed by atoms with Gasteiger partial charge in [0.25, 0.3) is 5.91 Å². The molecule has 144 valence electrons. The second-order valence-corrected chi connectivity index (χ2v) is 5.69. The van der Waals surface area contributed by atoms with Gasteiger partial charge in [0.15, 0.2) is 0 Å². The fourth-order valence-electron chi connectivity index (χ4n) is 2.33. The van der Waals surface area contributed by atoms with Gasteiger partial charge in [0.1, 0.15) is 5.75 Å². The molecule has 0 aliphatic rings. The molecule has 27 heavy (non-hydrogen) atoms. The Kier molecular flexibility index (Phi) is 8.12. The highest BCUT2D eigenvalue weighted by molar-refractivity contribution is 5.95. The van der Waals surface area contributed by atoms with Crippen molar-refractivity contribution in [2.24, 2.45) is 0 Å². The van der Waals surface area contributed by atoms with Crippen LogP contribution in [-0.2, 0) is 9.53 Å². The Balaban J connectivity index is 1.81. The van der Waals surface area contributed by atoms with Gasteiger partial charge in [-0.15, -0.1) is 0 Å². The van der Waals surface area contributed by atoms with Gasteiger partial charge in [-0.3, -0.25) is 9.59 Å². The number of rotatable bonds is 10. The third-order valence-corrected chi connectivity index (χ3v) is 3.62. The van der Waals surface area contributed by atoms with Gasteiger partial charge in [0.05, 0.1) is 19.8 Å². The predicted molar refractivity (Wildman–Crippen MR) is 105 cm³/mol. The lowest BCUT2D eigenvalue weighted by Crippen LogP contribution is -2.26. The Labute approximate surface area is 159 Å². The second-order valence-electron chi connectivity index (χ2n) is 5.69. The van der Waals surface area contributed by atoms with E-state index in [1.807, 2.05) is 19.1 Å². The van der Waals surface area contributed by atoms with E-state index in [1.54, 1.807) is 43.5 Å². The van der Waals surface area contributed by atoms with Crippen molar-refractivity contribution in [3.8, 4) is 5.75 Å². The highest BCUT2D eigenvalue weighted by Crippen LogP contribution is 2.17. The van der Waals surface area contributed by atoms with Crippen LogP contribution in [0.1, 0.15) is 17.3 Å². The van der Waals surface area contributed by atoms with Gasteiger partial charge in [0.2, 0.25) is 5.91 Å². The minimum Gasteiger partial charge on any atom is -0.494 e. The molecule has 2 amide bonds. The smallest absolute Gasteiger partial charge is 0.251 e. The standard InChI is InChI=1S/C20H25N3O4/c1-3-27-18-6-4-5-17(13-18)23-19(24)14-22-16-9-7-15(8-10-16)20(25)21-11-12-26-2/h4-10,13,22H,3,11-12,14H2,1-2H3,(H,21,25)(H,23,24). The summed E-state index contributed by atoms with van der Waals surface area (Å²) in [7, 11) is 1.58. The molecule has 3 N–H and O–H groups in total. The first-order chi connectivity index (χ1) is 13.1. The van der Waals surface area contributed by atoms with E-state index in [2.05, 4.69) is 16.0 Å². The van der Waals surface area contributed by atoms with Gasteiger partial charge in [0, 0.05) is 36.7 Å². The summed E-state index contributed by atoms with van der Waals surface area (Å²) in [6, 6.07) is 14.2. The van der Waals surface area contributed by atoms with Crippen molar-refractivity contribution >= 4 is 23.2 Å². The number of carbonyl (C=O) groups excluding carboxylic acids is 2. The third kappa shape index (κ3) is 6.99. The van der Waals surface area contributed by atoms with E-state index in [9.17, 15) is 9.59 Å². The van der Waals surface area contributed by atoms with E-state index in [4.69, 9.17) is 9.47 Å². The number of carbonyl (C=O) groups is 2. The van der Waals surface area contributed by atoms with Gasteiger partial charge in [-0.2, -0.15) is 0 Å². The van der Waals surface area contributed by atoms with Crippen LogP contribution in [0.5, 0.6) is 5.75 Å². The summed E-state index contributed by atoms with van der Waals surface area (Å²) in [6.07, 6.45) is 0. The summed E-state index contributed by atoms with van der Waals surface area (Å²) in [6.45, 7) is 3.51. The monoisotopic (exact) mass is 371 g/mol. The molecule has 0 bridgehead atoms. The van der Waals surface area contributed by atoms with Crippen LogP contribution in [0.25, 0.3) is 0 Å². The average molecular weight is 371 g/mol. The minimum atomic E-state index is -0.176. The fourth-order valence-corrected chi connectivity index (χ4v) is 2.33. The lowest BCUT2D eigenvalue weighted by molar-refractivity contribution is -0.114. The summed E-state index contributed by atoms with van der Waals surface area (Å²) < 4.78 is 10.3. The molecule has 0 saturated carbocycles. The molecule has 2 rings (SSSR count). The zero-order valence-electron chi connectivity index (χ0n) is 15.6. The number of hydrogen-bond donors (Lipinski definition) is 3. The van der Waals surface area contributed by atoms with Crippen LogP contribution in [0.2, 0.25) is 0 Å². The zero-order chi connectivity index (χ0) is 19.5. The van der Waals surface area contributed by atoms with Gasteiger partial charge < -0.3 is 25.4 Å². The molecule has 7 nitrogen and oxygen atoms in total. The number of hydrogen-bond acceptors (Lipinski definition) is 5. The van der Waals surface area contributed by atoms with Crippen LogP contribution in [0, 0.1) is 0 Å². The van der Waals surface area contributed by atoms with Crippen LogP contribution in [-0.4, -0.2) is 45.2 Å². The lowest BCUT2D eigenvalue weighted by Gasteiger charge is -2.10. The fraction of sp³-hybridized carbons (Fsp3) is 0.300.